The zero-order valence-electron chi connectivity index (χ0n) is 28.9. The zero-order valence-corrected chi connectivity index (χ0v) is 28.9. The van der Waals surface area contributed by atoms with Crippen molar-refractivity contribution < 1.29 is 0 Å². The van der Waals surface area contributed by atoms with Gasteiger partial charge in [0.2, 0.25) is 0 Å². The summed E-state index contributed by atoms with van der Waals surface area (Å²) in [5, 5.41) is 2.80. The summed E-state index contributed by atoms with van der Waals surface area (Å²) in [7, 11) is 0. The minimum absolute atomic E-state index is 0.0251. The van der Waals surface area contributed by atoms with Crippen LogP contribution in [0, 0.1) is 0 Å². The summed E-state index contributed by atoms with van der Waals surface area (Å²) in [4.78, 5) is 0. The molecule has 0 fully saturated rings. The van der Waals surface area contributed by atoms with E-state index in [1.54, 1.807) is 39.0 Å². The summed E-state index contributed by atoms with van der Waals surface area (Å²) >= 11 is 0. The lowest BCUT2D eigenvalue weighted by Gasteiger charge is -2.30. The Kier molecular flexibility index (Phi) is 5.98. The van der Waals surface area contributed by atoms with Crippen LogP contribution in [-0.2, 0) is 17.3 Å². The molecule has 4 aromatic carbocycles. The van der Waals surface area contributed by atoms with Crippen LogP contribution >= 0.6 is 0 Å². The first-order valence-corrected chi connectivity index (χ1v) is 18.4. The molecule has 4 aromatic rings. The third-order valence-corrected chi connectivity index (χ3v) is 13.0. The average molecular weight is 621 g/mol. The maximum atomic E-state index is 2.59. The van der Waals surface area contributed by atoms with E-state index >= 15 is 0 Å². The van der Waals surface area contributed by atoms with Crippen LogP contribution in [-0.4, -0.2) is 0 Å². The van der Waals surface area contributed by atoms with Gasteiger partial charge in [-0.15, -0.1) is 0 Å². The molecule has 0 bridgehead atoms. The van der Waals surface area contributed by atoms with Gasteiger partial charge in [-0.25, -0.2) is 0 Å². The fourth-order valence-corrected chi connectivity index (χ4v) is 10.3. The molecule has 0 amide bonds. The molecule has 0 aliphatic heterocycles. The number of hydrogen-bond donors (Lipinski definition) is 0. The highest BCUT2D eigenvalue weighted by Gasteiger charge is 2.39. The van der Waals surface area contributed by atoms with E-state index in [4.69, 9.17) is 0 Å². The maximum Gasteiger partial charge on any atom is 0.0159 e. The summed E-state index contributed by atoms with van der Waals surface area (Å²) in [6.45, 7) is 9.64. The van der Waals surface area contributed by atoms with E-state index in [9.17, 15) is 0 Å². The van der Waals surface area contributed by atoms with E-state index in [0.29, 0.717) is 0 Å². The van der Waals surface area contributed by atoms with Crippen molar-refractivity contribution in [2.45, 2.75) is 89.9 Å². The first kappa shape index (κ1) is 28.6. The Morgan fingerprint density at radius 2 is 1.06 bits per heavy atom. The molecule has 10 rings (SSSR count). The van der Waals surface area contributed by atoms with E-state index in [0.717, 1.165) is 25.7 Å². The highest BCUT2D eigenvalue weighted by Crippen LogP contribution is 2.53. The van der Waals surface area contributed by atoms with Gasteiger partial charge in [0, 0.05) is 10.8 Å². The number of allylic oxidation sites excluding steroid dienone is 11. The molecule has 0 nitrogen and oxygen atoms in total. The minimum atomic E-state index is 0.0251. The van der Waals surface area contributed by atoms with Crippen molar-refractivity contribution in [3.63, 3.8) is 0 Å². The van der Waals surface area contributed by atoms with Gasteiger partial charge >= 0.3 is 0 Å². The van der Waals surface area contributed by atoms with Crippen molar-refractivity contribution in [3.05, 3.63) is 163 Å². The number of hydrogen-bond acceptors (Lipinski definition) is 0. The molecule has 0 unspecified atom stereocenters. The Bertz CT molecular complexity index is 2310. The highest BCUT2D eigenvalue weighted by atomic mass is 14.4. The zero-order chi connectivity index (χ0) is 32.4. The van der Waals surface area contributed by atoms with Crippen LogP contribution < -0.4 is 0 Å². The Labute approximate surface area is 286 Å². The van der Waals surface area contributed by atoms with Crippen LogP contribution in [0.25, 0.3) is 33.5 Å². The summed E-state index contributed by atoms with van der Waals surface area (Å²) in [6, 6.07) is 27.9. The van der Waals surface area contributed by atoms with Gasteiger partial charge in [0.15, 0.2) is 0 Å². The first-order chi connectivity index (χ1) is 23.3. The molecule has 236 valence electrons. The molecule has 0 saturated heterocycles. The van der Waals surface area contributed by atoms with Gasteiger partial charge in [-0.05, 0) is 158 Å². The Morgan fingerprint density at radius 1 is 0.458 bits per heavy atom. The smallest absolute Gasteiger partial charge is 0.0159 e. The van der Waals surface area contributed by atoms with Crippen LogP contribution in [0.15, 0.2) is 130 Å². The number of fused-ring (bicyclic) bond motifs is 8. The first-order valence-electron chi connectivity index (χ1n) is 18.4. The van der Waals surface area contributed by atoms with Crippen LogP contribution in [0.3, 0.4) is 0 Å². The van der Waals surface area contributed by atoms with E-state index < -0.39 is 0 Å². The van der Waals surface area contributed by atoms with Crippen molar-refractivity contribution in [3.8, 4) is 11.1 Å². The lowest BCUT2D eigenvalue weighted by atomic mass is 9.75. The van der Waals surface area contributed by atoms with Crippen LogP contribution in [0.2, 0.25) is 0 Å². The van der Waals surface area contributed by atoms with Gasteiger partial charge < -0.3 is 0 Å². The van der Waals surface area contributed by atoms with Gasteiger partial charge in [0.25, 0.3) is 0 Å². The maximum absolute atomic E-state index is 2.59. The van der Waals surface area contributed by atoms with Crippen LogP contribution in [0.1, 0.15) is 106 Å². The Morgan fingerprint density at radius 3 is 1.81 bits per heavy atom. The van der Waals surface area contributed by atoms with Crippen molar-refractivity contribution in [2.75, 3.05) is 0 Å². The molecule has 0 atom stereocenters. The van der Waals surface area contributed by atoms with Crippen molar-refractivity contribution >= 4 is 22.4 Å². The van der Waals surface area contributed by atoms with Crippen molar-refractivity contribution in [2.24, 2.45) is 0 Å². The highest BCUT2D eigenvalue weighted by molar-refractivity contribution is 5.99. The topological polar surface area (TPSA) is 0 Å². The van der Waals surface area contributed by atoms with E-state index in [1.165, 1.54) is 86.5 Å². The fraction of sp³-hybridized carbons (Fsp3) is 0.292. The molecular weight excluding hydrogens is 577 g/mol. The van der Waals surface area contributed by atoms with Crippen LogP contribution in [0.5, 0.6) is 0 Å². The molecule has 48 heavy (non-hydrogen) atoms. The van der Waals surface area contributed by atoms with Crippen LogP contribution in [0.4, 0.5) is 0 Å². The third kappa shape index (κ3) is 4.02. The van der Waals surface area contributed by atoms with Crippen molar-refractivity contribution in [1.82, 2.24) is 0 Å². The molecule has 6 aliphatic carbocycles. The van der Waals surface area contributed by atoms with Gasteiger partial charge in [0.1, 0.15) is 0 Å². The average Bonchev–Trinajstić information content (AvgIpc) is 3.49. The lowest BCUT2D eigenvalue weighted by molar-refractivity contribution is 0.603. The fourth-order valence-electron chi connectivity index (χ4n) is 10.3. The molecule has 0 N–H and O–H groups in total. The van der Waals surface area contributed by atoms with Crippen molar-refractivity contribution in [1.29, 1.82) is 0 Å². The number of aryl methyl sites for hydroxylation is 1. The number of rotatable bonds is 2. The van der Waals surface area contributed by atoms with E-state index in [-0.39, 0.29) is 10.8 Å². The monoisotopic (exact) mass is 620 g/mol. The number of benzene rings is 4. The molecule has 0 spiro atoms. The second kappa shape index (κ2) is 10.1. The molecule has 0 heterocycles. The quantitative estimate of drug-likeness (QED) is 0.209. The summed E-state index contributed by atoms with van der Waals surface area (Å²) in [6.07, 6.45) is 19.6. The molecule has 0 radical (unpaired) electrons. The second-order valence-electron chi connectivity index (χ2n) is 16.2. The van der Waals surface area contributed by atoms with E-state index in [2.05, 4.69) is 125 Å². The summed E-state index contributed by atoms with van der Waals surface area (Å²) in [5.41, 5.74) is 24.5. The normalized spacial score (nSPS) is 21.3. The lowest BCUT2D eigenvalue weighted by Crippen LogP contribution is -2.18. The molecular formula is C48H44. The predicted molar refractivity (Wildman–Crippen MR) is 203 cm³/mol. The summed E-state index contributed by atoms with van der Waals surface area (Å²) in [5.74, 6) is 0. The molecule has 0 saturated carbocycles. The third-order valence-electron chi connectivity index (χ3n) is 13.0. The molecule has 0 heteroatoms. The predicted octanol–water partition coefficient (Wildman–Crippen LogP) is 12.7. The molecule has 0 aromatic heterocycles. The van der Waals surface area contributed by atoms with Gasteiger partial charge in [-0.2, -0.15) is 0 Å². The Hall–Kier alpha value is -4.42. The SMILES string of the molecule is CC1(C)C2=C(C=C(C3=CC4=C(C=C(C5=Cc6c(ccc7cc8c(cc67)C(C)(C)c6ccccc6-8)CC5)CC4)CC3)CC2)c2ccccc21. The standard InChI is InChI=1S/C48H44/c1-47(2)43-11-7-5-9-37(43)41-26-35(21-22-45(41)47)33-19-17-30-23-32(18-16-31(30)24-33)34-15-13-29-14-20-36-27-42-38-10-6-8-12-44(38)48(3,4)46(42)28-40(36)39(29)25-34/h5-12,14,20,23-28H,13,15-19,21-22H2,1-4H3. The van der Waals surface area contributed by atoms with Gasteiger partial charge in [0.05, 0.1) is 0 Å². The summed E-state index contributed by atoms with van der Waals surface area (Å²) < 4.78 is 0. The van der Waals surface area contributed by atoms with E-state index in [1.807, 2.05) is 0 Å². The minimum Gasteiger partial charge on any atom is -0.0619 e. The largest absolute Gasteiger partial charge is 0.0619 e. The Balaban J connectivity index is 0.986. The second-order valence-corrected chi connectivity index (χ2v) is 16.2. The molecule has 6 aliphatic rings. The van der Waals surface area contributed by atoms with Gasteiger partial charge in [-0.3, -0.25) is 0 Å². The van der Waals surface area contributed by atoms with Gasteiger partial charge in [-0.1, -0.05) is 118 Å².